The van der Waals surface area contributed by atoms with Gasteiger partial charge in [-0.25, -0.2) is 0 Å². The Kier molecular flexibility index (Phi) is 7.94. The van der Waals surface area contributed by atoms with Gasteiger partial charge in [0.05, 0.1) is 0 Å². The number of allylic oxidation sites excluding steroid dienone is 4. The van der Waals surface area contributed by atoms with Crippen molar-refractivity contribution in [3.05, 3.63) is 81.2 Å². The summed E-state index contributed by atoms with van der Waals surface area (Å²) in [4.78, 5) is 0. The first-order chi connectivity index (χ1) is 13.3. The average molecular weight is 503 g/mol. The van der Waals surface area contributed by atoms with Gasteiger partial charge in [0, 0.05) is 0 Å². The van der Waals surface area contributed by atoms with E-state index in [1.54, 1.807) is 11.1 Å². The van der Waals surface area contributed by atoms with Crippen LogP contribution in [0.4, 0.5) is 0 Å². The second-order valence-corrected chi connectivity index (χ2v) is 15.3. The van der Waals surface area contributed by atoms with Gasteiger partial charge in [-0.05, 0) is 0 Å². The molecule has 3 aliphatic carbocycles. The zero-order valence-corrected chi connectivity index (χ0v) is 21.0. The minimum absolute atomic E-state index is 0. The Hall–Kier alpha value is -0.747. The molecule has 0 heterocycles. The molecule has 0 nitrogen and oxygen atoms in total. The predicted molar refractivity (Wildman–Crippen MR) is 113 cm³/mol. The summed E-state index contributed by atoms with van der Waals surface area (Å²) in [6.45, 7) is 2.56. The number of hydrogen-bond acceptors (Lipinski definition) is 0. The smallest absolute Gasteiger partial charge is 1.00 e. The first-order valence-corrected chi connectivity index (χ1v) is 14.5. The number of halogens is 2. The molecule has 0 N–H and O–H groups in total. The Morgan fingerprint density at radius 2 is 1.41 bits per heavy atom. The van der Waals surface area contributed by atoms with Gasteiger partial charge >= 0.3 is 172 Å². The van der Waals surface area contributed by atoms with Gasteiger partial charge in [-0.3, -0.25) is 0 Å². The first kappa shape index (κ1) is 22.9. The summed E-state index contributed by atoms with van der Waals surface area (Å²) >= 11 is -2.01. The van der Waals surface area contributed by atoms with Crippen LogP contribution in [0.1, 0.15) is 60.2 Å². The number of rotatable bonds is 3. The van der Waals surface area contributed by atoms with Crippen LogP contribution in [0, 0.1) is 5.92 Å². The van der Waals surface area contributed by atoms with Crippen LogP contribution in [0.5, 0.6) is 0 Å². The zero-order chi connectivity index (χ0) is 18.2. The Labute approximate surface area is 195 Å². The molecule has 0 unspecified atom stereocenters. The monoisotopic (exact) mass is 500 g/mol. The first-order valence-electron chi connectivity index (χ1n) is 10.6. The normalized spacial score (nSPS) is 18.2. The zero-order valence-electron chi connectivity index (χ0n) is 17.0. The molecule has 1 saturated carbocycles. The Morgan fingerprint density at radius 3 is 1.97 bits per heavy atom. The number of fused-ring (bicyclic) bond motifs is 3. The molecule has 29 heavy (non-hydrogen) atoms. The van der Waals surface area contributed by atoms with Gasteiger partial charge in [-0.2, -0.15) is 0 Å². The third kappa shape index (κ3) is 4.21. The van der Waals surface area contributed by atoms with Crippen molar-refractivity contribution >= 4 is 3.21 Å². The van der Waals surface area contributed by atoms with E-state index >= 15 is 0 Å². The predicted octanol–water partition coefficient (Wildman–Crippen LogP) is 0.999. The summed E-state index contributed by atoms with van der Waals surface area (Å²) in [7, 11) is 0. The Bertz CT molecular complexity index is 919. The van der Waals surface area contributed by atoms with Crippen molar-refractivity contribution in [3.63, 3.8) is 0 Å². The van der Waals surface area contributed by atoms with Crippen molar-refractivity contribution < 1.29 is 46.1 Å². The summed E-state index contributed by atoms with van der Waals surface area (Å²) in [5.41, 5.74) is 6.24. The maximum Gasteiger partial charge on any atom is -1.00 e. The molecule has 2 aromatic carbocycles. The summed E-state index contributed by atoms with van der Waals surface area (Å²) in [5, 5.41) is 0. The van der Waals surface area contributed by atoms with E-state index in [4.69, 9.17) is 0 Å². The second kappa shape index (κ2) is 10.0. The minimum atomic E-state index is -2.01. The van der Waals surface area contributed by atoms with Crippen LogP contribution in [0.15, 0.2) is 70.0 Å². The van der Waals surface area contributed by atoms with Crippen LogP contribution in [0.2, 0.25) is 0 Å². The van der Waals surface area contributed by atoms with Crippen molar-refractivity contribution in [2.24, 2.45) is 5.92 Å². The van der Waals surface area contributed by atoms with Gasteiger partial charge in [0.1, 0.15) is 0 Å². The number of hydrogen-bond donors (Lipinski definition) is 0. The van der Waals surface area contributed by atoms with Crippen LogP contribution in [-0.2, 0) is 21.3 Å². The van der Waals surface area contributed by atoms with Gasteiger partial charge in [0.15, 0.2) is 0 Å². The SMILES string of the molecule is C/[C](C1CCCCC1)=[Zr+2](/[C]1=CC=CC1)[CH]1c2ccccc2-c2ccccc21.[Cl-].[Cl-]. The van der Waals surface area contributed by atoms with Gasteiger partial charge < -0.3 is 24.8 Å². The van der Waals surface area contributed by atoms with E-state index in [-0.39, 0.29) is 24.8 Å². The third-order valence-corrected chi connectivity index (χ3v) is 15.5. The fourth-order valence-corrected chi connectivity index (χ4v) is 14.9. The maximum atomic E-state index is 2.56. The summed E-state index contributed by atoms with van der Waals surface area (Å²) in [5.74, 6) is 0.884. The quantitative estimate of drug-likeness (QED) is 0.588. The standard InChI is InChI=1S/C13H9.C8H14.C5H5.2ClH.Zr/c1-3-7-12-10(5-1)9-11-6-2-4-8-13(11)12;1-2-8-6-4-3-5-7-8;1-2-4-5-3-1;;;/h1-9H;8H,3-7H2,1H3;1-3H,4H2;2*1H;/q;;;;;+2/p-2. The van der Waals surface area contributed by atoms with Crippen LogP contribution < -0.4 is 24.8 Å². The molecule has 0 saturated heterocycles. The molecule has 0 aliphatic heterocycles. The summed E-state index contributed by atoms with van der Waals surface area (Å²) in [6, 6.07) is 18.5. The van der Waals surface area contributed by atoms with Gasteiger partial charge in [-0.1, -0.05) is 0 Å². The molecule has 0 aromatic heterocycles. The van der Waals surface area contributed by atoms with E-state index < -0.39 is 21.3 Å². The molecule has 0 bridgehead atoms. The van der Waals surface area contributed by atoms with E-state index in [9.17, 15) is 0 Å². The van der Waals surface area contributed by atoms with Crippen LogP contribution in [0.25, 0.3) is 11.1 Å². The average Bonchev–Trinajstić information content (AvgIpc) is 3.37. The van der Waals surface area contributed by atoms with E-state index in [0.717, 1.165) is 5.92 Å². The van der Waals surface area contributed by atoms with E-state index in [2.05, 4.69) is 73.7 Å². The molecule has 0 radical (unpaired) electrons. The van der Waals surface area contributed by atoms with Crippen molar-refractivity contribution in [1.29, 1.82) is 0 Å². The molecule has 3 aliphatic rings. The maximum absolute atomic E-state index is 2.56. The summed E-state index contributed by atoms with van der Waals surface area (Å²) in [6.07, 6.45) is 15.6. The van der Waals surface area contributed by atoms with Crippen LogP contribution >= 0.6 is 0 Å². The van der Waals surface area contributed by atoms with Crippen molar-refractivity contribution in [3.8, 4) is 11.1 Å². The molecule has 5 rings (SSSR count). The molecule has 2 aromatic rings. The second-order valence-electron chi connectivity index (χ2n) is 8.36. The molecule has 150 valence electrons. The largest absolute Gasteiger partial charge is 1.00 e. The van der Waals surface area contributed by atoms with Gasteiger partial charge in [0.25, 0.3) is 0 Å². The molecular weight excluding hydrogens is 474 g/mol. The van der Waals surface area contributed by atoms with Gasteiger partial charge in [0.2, 0.25) is 0 Å². The third-order valence-electron chi connectivity index (χ3n) is 6.88. The van der Waals surface area contributed by atoms with Crippen LogP contribution in [-0.4, -0.2) is 3.21 Å². The summed E-state index contributed by atoms with van der Waals surface area (Å²) < 4.78 is 4.42. The molecule has 3 heteroatoms. The molecule has 0 atom stereocenters. The Morgan fingerprint density at radius 1 is 0.828 bits per heavy atom. The van der Waals surface area contributed by atoms with Crippen molar-refractivity contribution in [2.45, 2.75) is 49.1 Å². The molecule has 0 amide bonds. The number of benzene rings is 2. The molecular formula is C26H28Cl2Zr. The van der Waals surface area contributed by atoms with Gasteiger partial charge in [-0.15, -0.1) is 0 Å². The Balaban J connectivity index is 0.00000120. The minimum Gasteiger partial charge on any atom is -1.00 e. The van der Waals surface area contributed by atoms with E-state index in [1.165, 1.54) is 49.7 Å². The van der Waals surface area contributed by atoms with E-state index in [1.807, 2.05) is 6.49 Å². The fraction of sp³-hybridized carbons (Fsp3) is 0.346. The van der Waals surface area contributed by atoms with Crippen LogP contribution in [0.3, 0.4) is 0 Å². The van der Waals surface area contributed by atoms with Crippen molar-refractivity contribution in [1.82, 2.24) is 0 Å². The van der Waals surface area contributed by atoms with E-state index in [0.29, 0.717) is 3.63 Å². The van der Waals surface area contributed by atoms with Crippen molar-refractivity contribution in [2.75, 3.05) is 0 Å². The molecule has 0 spiro atoms. The topological polar surface area (TPSA) is 0 Å². The molecule has 1 fully saturated rings. The fourth-order valence-electron chi connectivity index (χ4n) is 5.54.